The van der Waals surface area contributed by atoms with Crippen molar-refractivity contribution in [3.05, 3.63) is 30.1 Å². The minimum Gasteiger partial charge on any atom is -0.332 e. The van der Waals surface area contributed by atoms with Crippen LogP contribution >= 0.6 is 0 Å². The predicted molar refractivity (Wildman–Crippen MR) is 73.9 cm³/mol. The van der Waals surface area contributed by atoms with E-state index in [0.29, 0.717) is 26.2 Å². The van der Waals surface area contributed by atoms with Crippen molar-refractivity contribution < 1.29 is 14.0 Å². The highest BCUT2D eigenvalue weighted by Gasteiger charge is 2.29. The second-order valence-corrected chi connectivity index (χ2v) is 4.54. The van der Waals surface area contributed by atoms with Crippen molar-refractivity contribution in [2.75, 3.05) is 37.6 Å². The van der Waals surface area contributed by atoms with Crippen molar-refractivity contribution in [3.8, 4) is 0 Å². The number of halogens is 1. The highest BCUT2D eigenvalue weighted by Crippen LogP contribution is 2.19. The molecule has 0 spiro atoms. The molecule has 0 aliphatic carbocycles. The van der Waals surface area contributed by atoms with E-state index in [9.17, 15) is 14.0 Å². The number of carbonyl (C=O) groups excluding carboxylic acids is 2. The fourth-order valence-corrected chi connectivity index (χ4v) is 2.21. The molecule has 6 heteroatoms. The zero-order valence-corrected chi connectivity index (χ0v) is 11.4. The third-order valence-corrected chi connectivity index (χ3v) is 3.29. The number of rotatable bonds is 2. The summed E-state index contributed by atoms with van der Waals surface area (Å²) >= 11 is 0. The summed E-state index contributed by atoms with van der Waals surface area (Å²) in [5, 5.41) is 3.11. The van der Waals surface area contributed by atoms with Gasteiger partial charge in [-0.2, -0.15) is 0 Å². The first-order chi connectivity index (χ1) is 9.65. The van der Waals surface area contributed by atoms with Crippen molar-refractivity contribution in [1.82, 2.24) is 10.2 Å². The number of piperazine rings is 1. The standard InChI is InChI=1S/C14H18FN3O2/c1-2-18(12-6-4-3-5-11(12)15)14(20)13(19)17-9-7-16-8-10-17/h3-6,16H,2,7-10H2,1H3. The van der Waals surface area contributed by atoms with Gasteiger partial charge in [0.15, 0.2) is 0 Å². The van der Waals surface area contributed by atoms with Gasteiger partial charge >= 0.3 is 11.8 Å². The summed E-state index contributed by atoms with van der Waals surface area (Å²) in [6, 6.07) is 5.97. The van der Waals surface area contributed by atoms with Gasteiger partial charge in [-0.3, -0.25) is 9.59 Å². The molecule has 1 heterocycles. The maximum atomic E-state index is 13.8. The van der Waals surface area contributed by atoms with Crippen molar-refractivity contribution in [1.29, 1.82) is 0 Å². The fourth-order valence-electron chi connectivity index (χ4n) is 2.21. The number of likely N-dealkylation sites (N-methyl/N-ethyl adjacent to an activating group) is 1. The monoisotopic (exact) mass is 279 g/mol. The topological polar surface area (TPSA) is 52.7 Å². The molecule has 1 saturated heterocycles. The van der Waals surface area contributed by atoms with Gasteiger partial charge in [-0.1, -0.05) is 12.1 Å². The molecule has 1 aromatic rings. The van der Waals surface area contributed by atoms with Crippen LogP contribution in [0.5, 0.6) is 0 Å². The normalized spacial score (nSPS) is 15.0. The zero-order chi connectivity index (χ0) is 14.5. The van der Waals surface area contributed by atoms with Crippen LogP contribution < -0.4 is 10.2 Å². The molecule has 1 aromatic carbocycles. The summed E-state index contributed by atoms with van der Waals surface area (Å²) in [6.07, 6.45) is 0. The Morgan fingerprint density at radius 3 is 2.55 bits per heavy atom. The van der Waals surface area contributed by atoms with Gasteiger partial charge in [0.1, 0.15) is 5.82 Å². The first kappa shape index (κ1) is 14.5. The third kappa shape index (κ3) is 2.96. The number of nitrogens with one attached hydrogen (secondary N) is 1. The second-order valence-electron chi connectivity index (χ2n) is 4.54. The van der Waals surface area contributed by atoms with E-state index in [1.165, 1.54) is 21.9 Å². The lowest BCUT2D eigenvalue weighted by Gasteiger charge is -2.29. The minimum atomic E-state index is -0.681. The molecule has 1 aliphatic heterocycles. The van der Waals surface area contributed by atoms with Crippen molar-refractivity contribution in [2.45, 2.75) is 6.92 Å². The van der Waals surface area contributed by atoms with E-state index in [-0.39, 0.29) is 12.2 Å². The fraction of sp³-hybridized carbons (Fsp3) is 0.429. The summed E-state index contributed by atoms with van der Waals surface area (Å²) < 4.78 is 13.8. The lowest BCUT2D eigenvalue weighted by molar-refractivity contribution is -0.144. The van der Waals surface area contributed by atoms with E-state index in [0.717, 1.165) is 0 Å². The predicted octanol–water partition coefficient (Wildman–Crippen LogP) is 0.610. The summed E-state index contributed by atoms with van der Waals surface area (Å²) in [4.78, 5) is 27.1. The van der Waals surface area contributed by atoms with Crippen LogP contribution in [0.2, 0.25) is 0 Å². The second kappa shape index (κ2) is 6.47. The smallest absolute Gasteiger partial charge is 0.316 e. The van der Waals surface area contributed by atoms with Gasteiger partial charge in [-0.25, -0.2) is 4.39 Å². The van der Waals surface area contributed by atoms with E-state index in [4.69, 9.17) is 0 Å². The lowest BCUT2D eigenvalue weighted by Crippen LogP contribution is -2.52. The van der Waals surface area contributed by atoms with Crippen molar-refractivity contribution >= 4 is 17.5 Å². The molecule has 0 unspecified atom stereocenters. The zero-order valence-electron chi connectivity index (χ0n) is 11.4. The molecule has 0 aromatic heterocycles. The number of carbonyl (C=O) groups is 2. The summed E-state index contributed by atoms with van der Waals surface area (Å²) in [6.45, 7) is 4.31. The number of anilines is 1. The Morgan fingerprint density at radius 2 is 1.95 bits per heavy atom. The van der Waals surface area contributed by atoms with Gasteiger partial charge in [0.05, 0.1) is 5.69 Å². The molecular weight excluding hydrogens is 261 g/mol. The minimum absolute atomic E-state index is 0.142. The molecule has 1 fully saturated rings. The first-order valence-electron chi connectivity index (χ1n) is 6.71. The largest absolute Gasteiger partial charge is 0.332 e. The van der Waals surface area contributed by atoms with E-state index >= 15 is 0 Å². The SMILES string of the molecule is CCN(C(=O)C(=O)N1CCNCC1)c1ccccc1F. The van der Waals surface area contributed by atoms with Gasteiger partial charge in [-0.05, 0) is 19.1 Å². The molecule has 0 atom stereocenters. The third-order valence-electron chi connectivity index (χ3n) is 3.29. The van der Waals surface area contributed by atoms with Crippen LogP contribution in [0.25, 0.3) is 0 Å². The van der Waals surface area contributed by atoms with Gasteiger partial charge in [0.25, 0.3) is 0 Å². The molecule has 2 rings (SSSR count). The van der Waals surface area contributed by atoms with Gasteiger partial charge in [-0.15, -0.1) is 0 Å². The number of para-hydroxylation sites is 1. The number of hydrogen-bond acceptors (Lipinski definition) is 3. The van der Waals surface area contributed by atoms with E-state index < -0.39 is 17.6 Å². The highest BCUT2D eigenvalue weighted by molar-refractivity contribution is 6.40. The summed E-state index contributed by atoms with van der Waals surface area (Å²) in [7, 11) is 0. The van der Waals surface area contributed by atoms with Gasteiger partial charge < -0.3 is 15.1 Å². The average Bonchev–Trinajstić information content (AvgIpc) is 2.50. The van der Waals surface area contributed by atoms with E-state index in [1.54, 1.807) is 19.1 Å². The molecule has 2 amide bonds. The van der Waals surface area contributed by atoms with E-state index in [2.05, 4.69) is 5.32 Å². The summed E-state index contributed by atoms with van der Waals surface area (Å²) in [5.74, 6) is -1.76. The highest BCUT2D eigenvalue weighted by atomic mass is 19.1. The van der Waals surface area contributed by atoms with Crippen molar-refractivity contribution in [2.24, 2.45) is 0 Å². The van der Waals surface area contributed by atoms with Crippen LogP contribution in [-0.2, 0) is 9.59 Å². The molecule has 5 nitrogen and oxygen atoms in total. The molecular formula is C14H18FN3O2. The summed E-state index contributed by atoms with van der Waals surface area (Å²) in [5.41, 5.74) is 0.142. The number of nitrogens with zero attached hydrogens (tertiary/aromatic N) is 2. The Labute approximate surface area is 117 Å². The first-order valence-corrected chi connectivity index (χ1v) is 6.71. The van der Waals surface area contributed by atoms with Crippen LogP contribution in [-0.4, -0.2) is 49.4 Å². The maximum absolute atomic E-state index is 13.8. The quantitative estimate of drug-likeness (QED) is 0.807. The molecule has 1 aliphatic rings. The number of amides is 2. The number of hydrogen-bond donors (Lipinski definition) is 1. The Morgan fingerprint density at radius 1 is 1.30 bits per heavy atom. The van der Waals surface area contributed by atoms with Crippen molar-refractivity contribution in [3.63, 3.8) is 0 Å². The van der Waals surface area contributed by atoms with Gasteiger partial charge in [0.2, 0.25) is 0 Å². The molecule has 0 saturated carbocycles. The van der Waals surface area contributed by atoms with Gasteiger partial charge in [0, 0.05) is 32.7 Å². The Kier molecular flexibility index (Phi) is 4.68. The number of benzene rings is 1. The average molecular weight is 279 g/mol. The molecule has 1 N–H and O–H groups in total. The molecule has 20 heavy (non-hydrogen) atoms. The Bertz CT molecular complexity index is 501. The maximum Gasteiger partial charge on any atom is 0.316 e. The lowest BCUT2D eigenvalue weighted by atomic mass is 10.2. The Hall–Kier alpha value is -1.95. The molecule has 0 bridgehead atoms. The van der Waals surface area contributed by atoms with E-state index in [1.807, 2.05) is 0 Å². The molecule has 0 radical (unpaired) electrons. The van der Waals surface area contributed by atoms with Crippen LogP contribution in [0.15, 0.2) is 24.3 Å². The Balaban J connectivity index is 2.16. The van der Waals surface area contributed by atoms with Crippen LogP contribution in [0.4, 0.5) is 10.1 Å². The van der Waals surface area contributed by atoms with Crippen LogP contribution in [0.3, 0.4) is 0 Å². The van der Waals surface area contributed by atoms with Crippen LogP contribution in [0, 0.1) is 5.82 Å². The molecule has 108 valence electrons. The van der Waals surface area contributed by atoms with Crippen LogP contribution in [0.1, 0.15) is 6.92 Å².